The molecule has 0 spiro atoms. The monoisotopic (exact) mass is 344 g/mol. The number of carbonyl (C=O) groups excluding carboxylic acids is 2. The van der Waals surface area contributed by atoms with E-state index in [0.717, 1.165) is 24.1 Å². The van der Waals surface area contributed by atoms with E-state index in [1.807, 2.05) is 29.2 Å². The summed E-state index contributed by atoms with van der Waals surface area (Å²) in [5.74, 6) is 0.693. The fourth-order valence-electron chi connectivity index (χ4n) is 4.01. The van der Waals surface area contributed by atoms with Crippen molar-refractivity contribution in [2.45, 2.75) is 44.6 Å². The van der Waals surface area contributed by atoms with Crippen LogP contribution in [0.15, 0.2) is 24.3 Å². The fraction of sp³-hybridized carbons (Fsp3) is 0.600. The number of carbonyl (C=O) groups is 2. The van der Waals surface area contributed by atoms with Crippen LogP contribution in [0.25, 0.3) is 0 Å². The molecule has 1 aliphatic heterocycles. The third-order valence-electron chi connectivity index (χ3n) is 5.58. The van der Waals surface area contributed by atoms with Gasteiger partial charge in [0.1, 0.15) is 6.10 Å². The first-order valence-corrected chi connectivity index (χ1v) is 9.26. The molecule has 1 fully saturated rings. The van der Waals surface area contributed by atoms with Crippen molar-refractivity contribution in [3.63, 3.8) is 0 Å². The van der Waals surface area contributed by atoms with Crippen LogP contribution in [0.3, 0.4) is 0 Å². The van der Waals surface area contributed by atoms with Crippen molar-refractivity contribution < 1.29 is 14.3 Å². The lowest BCUT2D eigenvalue weighted by Crippen LogP contribution is -2.37. The van der Waals surface area contributed by atoms with Crippen LogP contribution < -0.4 is 4.90 Å². The second-order valence-corrected chi connectivity index (χ2v) is 7.18. The maximum absolute atomic E-state index is 12.8. The highest BCUT2D eigenvalue weighted by atomic mass is 16.5. The Bertz CT molecular complexity index is 625. The van der Waals surface area contributed by atoms with E-state index >= 15 is 0 Å². The van der Waals surface area contributed by atoms with Gasteiger partial charge in [0.15, 0.2) is 0 Å². The minimum atomic E-state index is -0.225. The van der Waals surface area contributed by atoms with Crippen LogP contribution in [-0.2, 0) is 14.3 Å². The van der Waals surface area contributed by atoms with Crippen molar-refractivity contribution in [1.29, 1.82) is 0 Å². The van der Waals surface area contributed by atoms with Gasteiger partial charge in [0, 0.05) is 44.8 Å². The van der Waals surface area contributed by atoms with E-state index in [9.17, 15) is 9.59 Å². The van der Waals surface area contributed by atoms with Gasteiger partial charge in [-0.2, -0.15) is 0 Å². The molecule has 0 N–H and O–H groups in total. The Morgan fingerprint density at radius 1 is 1.24 bits per heavy atom. The Kier molecular flexibility index (Phi) is 5.74. The van der Waals surface area contributed by atoms with Crippen LogP contribution >= 0.6 is 0 Å². The number of benzene rings is 1. The van der Waals surface area contributed by atoms with Crippen LogP contribution in [-0.4, -0.2) is 44.0 Å². The van der Waals surface area contributed by atoms with E-state index in [0.29, 0.717) is 31.8 Å². The first-order chi connectivity index (χ1) is 12.1. The summed E-state index contributed by atoms with van der Waals surface area (Å²) in [5.41, 5.74) is 1.82. The van der Waals surface area contributed by atoms with Gasteiger partial charge in [0.05, 0.1) is 6.54 Å². The zero-order valence-corrected chi connectivity index (χ0v) is 15.2. The molecule has 0 bridgehead atoms. The number of nitrogens with zero attached hydrogens (tertiary/aromatic N) is 2. The van der Waals surface area contributed by atoms with Crippen LogP contribution in [0.4, 0.5) is 5.69 Å². The highest BCUT2D eigenvalue weighted by Crippen LogP contribution is 2.32. The Labute approximate surface area is 149 Å². The molecule has 1 aromatic rings. The van der Waals surface area contributed by atoms with Gasteiger partial charge in [-0.05, 0) is 24.8 Å². The lowest BCUT2D eigenvalue weighted by molar-refractivity contribution is -0.134. The van der Waals surface area contributed by atoms with Gasteiger partial charge in [0.25, 0.3) is 0 Å². The number of fused-ring (bicyclic) bond motifs is 1. The highest BCUT2D eigenvalue weighted by molar-refractivity contribution is 5.94. The molecule has 1 atom stereocenters. The Morgan fingerprint density at radius 3 is 2.68 bits per heavy atom. The highest BCUT2D eigenvalue weighted by Gasteiger charge is 2.29. The molecule has 1 aromatic carbocycles. The van der Waals surface area contributed by atoms with Crippen molar-refractivity contribution in [3.8, 4) is 0 Å². The third kappa shape index (κ3) is 4.03. The summed E-state index contributed by atoms with van der Waals surface area (Å²) in [6.07, 6.45) is 5.48. The normalized spacial score (nSPS) is 22.3. The van der Waals surface area contributed by atoms with Crippen LogP contribution in [0.2, 0.25) is 0 Å². The van der Waals surface area contributed by atoms with E-state index in [2.05, 4.69) is 0 Å². The molecule has 25 heavy (non-hydrogen) atoms. The first-order valence-electron chi connectivity index (χ1n) is 9.26. The number of methoxy groups -OCH3 is 1. The predicted molar refractivity (Wildman–Crippen MR) is 97.4 cm³/mol. The lowest BCUT2D eigenvalue weighted by atomic mass is 10.0. The van der Waals surface area contributed by atoms with E-state index in [1.54, 1.807) is 19.1 Å². The van der Waals surface area contributed by atoms with E-state index in [1.165, 1.54) is 12.8 Å². The Balaban J connectivity index is 1.83. The average molecular weight is 344 g/mol. The summed E-state index contributed by atoms with van der Waals surface area (Å²) in [4.78, 5) is 28.9. The third-order valence-corrected chi connectivity index (χ3v) is 5.58. The van der Waals surface area contributed by atoms with Crippen molar-refractivity contribution in [3.05, 3.63) is 29.8 Å². The van der Waals surface area contributed by atoms with E-state index in [4.69, 9.17) is 4.74 Å². The minimum Gasteiger partial charge on any atom is -0.375 e. The molecule has 0 saturated heterocycles. The second kappa shape index (κ2) is 8.00. The minimum absolute atomic E-state index is 0.0304. The zero-order chi connectivity index (χ0) is 17.8. The predicted octanol–water partition coefficient (Wildman–Crippen LogP) is 3.15. The molecule has 5 nitrogen and oxygen atoms in total. The van der Waals surface area contributed by atoms with Gasteiger partial charge >= 0.3 is 0 Å². The smallest absolute Gasteiger partial charge is 0.228 e. The lowest BCUT2D eigenvalue weighted by Gasteiger charge is -2.28. The van der Waals surface area contributed by atoms with Crippen molar-refractivity contribution in [2.24, 2.45) is 5.92 Å². The quantitative estimate of drug-likeness (QED) is 0.846. The summed E-state index contributed by atoms with van der Waals surface area (Å²) >= 11 is 0. The summed E-state index contributed by atoms with van der Waals surface area (Å²) < 4.78 is 5.71. The van der Waals surface area contributed by atoms with Gasteiger partial charge in [0.2, 0.25) is 11.8 Å². The van der Waals surface area contributed by atoms with Crippen molar-refractivity contribution in [1.82, 2.24) is 4.90 Å². The number of hydrogen-bond acceptors (Lipinski definition) is 3. The largest absolute Gasteiger partial charge is 0.375 e. The zero-order valence-electron chi connectivity index (χ0n) is 15.2. The Hall–Kier alpha value is -1.88. The standard InChI is InChI=1S/C20H28N2O3/c1-21-17-10-6-5-9-16(17)18(25-2)14-22(12-11-19(21)23)20(24)13-15-7-3-4-8-15/h5-6,9-10,15,18H,3-4,7-8,11-14H2,1-2H3. The molecule has 0 radical (unpaired) electrons. The molecule has 3 rings (SSSR count). The molecule has 0 aromatic heterocycles. The fourth-order valence-corrected chi connectivity index (χ4v) is 4.01. The van der Waals surface area contributed by atoms with Gasteiger partial charge in [-0.15, -0.1) is 0 Å². The molecule has 1 aliphatic carbocycles. The topological polar surface area (TPSA) is 49.9 Å². The van der Waals surface area contributed by atoms with Crippen LogP contribution in [0.5, 0.6) is 0 Å². The van der Waals surface area contributed by atoms with Gasteiger partial charge in [-0.3, -0.25) is 9.59 Å². The number of anilines is 1. The number of hydrogen-bond donors (Lipinski definition) is 0. The Morgan fingerprint density at radius 2 is 1.96 bits per heavy atom. The van der Waals surface area contributed by atoms with Crippen LogP contribution in [0.1, 0.15) is 50.2 Å². The first kappa shape index (κ1) is 17.9. The maximum Gasteiger partial charge on any atom is 0.228 e. The van der Waals surface area contributed by atoms with E-state index in [-0.39, 0.29) is 17.9 Å². The molecule has 136 valence electrons. The summed E-state index contributed by atoms with van der Waals surface area (Å²) in [6.45, 7) is 0.961. The van der Waals surface area contributed by atoms with E-state index < -0.39 is 0 Å². The number of ether oxygens (including phenoxy) is 1. The van der Waals surface area contributed by atoms with Crippen molar-refractivity contribution in [2.75, 3.05) is 32.1 Å². The molecule has 2 aliphatic rings. The summed E-state index contributed by atoms with van der Waals surface area (Å²) in [6, 6.07) is 7.80. The van der Waals surface area contributed by atoms with Gasteiger partial charge in [-0.25, -0.2) is 0 Å². The number of rotatable bonds is 3. The molecule has 1 saturated carbocycles. The van der Waals surface area contributed by atoms with Gasteiger partial charge in [-0.1, -0.05) is 31.0 Å². The molecular formula is C20H28N2O3. The number of para-hydroxylation sites is 1. The summed E-state index contributed by atoms with van der Waals surface area (Å²) in [7, 11) is 3.46. The van der Waals surface area contributed by atoms with Crippen molar-refractivity contribution >= 4 is 17.5 Å². The molecule has 1 heterocycles. The van der Waals surface area contributed by atoms with Gasteiger partial charge < -0.3 is 14.5 Å². The maximum atomic E-state index is 12.8. The average Bonchev–Trinajstić information content (AvgIpc) is 3.14. The molecule has 2 amide bonds. The van der Waals surface area contributed by atoms with Crippen LogP contribution in [0, 0.1) is 5.92 Å². The second-order valence-electron chi connectivity index (χ2n) is 7.18. The SMILES string of the molecule is COC1CN(C(=O)CC2CCCC2)CCC(=O)N(C)c2ccccc21. The molecular weight excluding hydrogens is 316 g/mol. The molecule has 1 unspecified atom stereocenters. The summed E-state index contributed by atoms with van der Waals surface area (Å²) in [5, 5.41) is 0. The number of amides is 2. The molecule has 5 heteroatoms.